The monoisotopic (exact) mass is 216 g/mol. The first-order chi connectivity index (χ1) is 6.35. The van der Waals surface area contributed by atoms with Crippen molar-refractivity contribution in [1.82, 2.24) is 0 Å². The number of hydrogen-bond acceptors (Lipinski definition) is 2. The second-order valence-electron chi connectivity index (χ2n) is 3.98. The van der Waals surface area contributed by atoms with Crippen LogP contribution in [0, 0.1) is 0 Å². The van der Waals surface area contributed by atoms with Gasteiger partial charge >= 0.3 is 5.97 Å². The second kappa shape index (κ2) is 5.75. The number of esters is 1. The molecular weight excluding hydrogens is 199 g/mol. The van der Waals surface area contributed by atoms with Gasteiger partial charge in [0.05, 0.1) is 20.8 Å². The molecule has 14 heavy (non-hydrogen) atoms. The van der Waals surface area contributed by atoms with Crippen LogP contribution < -0.4 is 0 Å². The van der Waals surface area contributed by atoms with E-state index in [1.165, 1.54) is 6.08 Å². The summed E-state index contributed by atoms with van der Waals surface area (Å²) in [4.78, 5) is 10.8. The van der Waals surface area contributed by atoms with E-state index in [2.05, 4.69) is 24.4 Å². The fraction of sp³-hybridized carbons (Fsp3) is 0.500. The van der Waals surface area contributed by atoms with E-state index >= 15 is 0 Å². The molecule has 0 bridgehead atoms. The molecule has 4 heteroatoms. The van der Waals surface area contributed by atoms with Gasteiger partial charge in [-0.05, 0) is 13.0 Å². The number of allylic oxidation sites excluding steroid dienone is 2. The van der Waals surface area contributed by atoms with Crippen LogP contribution in [0.15, 0.2) is 23.7 Å². The highest BCUT2D eigenvalue weighted by Gasteiger charge is 2.07. The zero-order valence-electron chi connectivity index (χ0n) is 9.13. The molecule has 0 unspecified atom stereocenters. The molecule has 0 aliphatic heterocycles. The molecule has 0 amide bonds. The third-order valence-electron chi connectivity index (χ3n) is 1.28. The van der Waals surface area contributed by atoms with Crippen molar-refractivity contribution in [3.05, 3.63) is 23.7 Å². The van der Waals surface area contributed by atoms with Crippen molar-refractivity contribution in [3.63, 3.8) is 0 Å². The molecule has 0 saturated carbocycles. The Hall–Kier alpha value is -0.903. The van der Waals surface area contributed by atoms with Gasteiger partial charge in [-0.25, -0.2) is 9.18 Å². The topological polar surface area (TPSA) is 26.3 Å². The van der Waals surface area contributed by atoms with E-state index in [0.29, 0.717) is 0 Å². The van der Waals surface area contributed by atoms with Crippen molar-refractivity contribution in [2.24, 2.45) is 0 Å². The number of ether oxygens (including phenoxy) is 1. The van der Waals surface area contributed by atoms with E-state index in [9.17, 15) is 9.18 Å². The van der Waals surface area contributed by atoms with E-state index < -0.39 is 19.9 Å². The molecule has 2 nitrogen and oxygen atoms in total. The maximum absolute atomic E-state index is 13.0. The zero-order chi connectivity index (χ0) is 11.2. The molecule has 0 fully saturated rings. The molecular formula is C10H17FO2Si. The molecule has 0 aromatic carbocycles. The quantitative estimate of drug-likeness (QED) is 0.312. The van der Waals surface area contributed by atoms with Gasteiger partial charge in [0.1, 0.15) is 5.83 Å². The first-order valence-electron chi connectivity index (χ1n) is 4.58. The molecule has 0 aliphatic carbocycles. The minimum Gasteiger partial charge on any atom is -0.463 e. The van der Waals surface area contributed by atoms with Crippen LogP contribution in [0.2, 0.25) is 19.6 Å². The highest BCUT2D eigenvalue weighted by Crippen LogP contribution is 2.06. The number of hydrogen-bond donors (Lipinski definition) is 0. The van der Waals surface area contributed by atoms with Gasteiger partial charge in [0, 0.05) is 0 Å². The molecule has 80 valence electrons. The summed E-state index contributed by atoms with van der Waals surface area (Å²) in [7, 11) is -1.40. The predicted molar refractivity (Wildman–Crippen MR) is 58.3 cm³/mol. The lowest BCUT2D eigenvalue weighted by molar-refractivity contribution is -0.137. The van der Waals surface area contributed by atoms with Gasteiger partial charge in [0.2, 0.25) is 0 Å². The van der Waals surface area contributed by atoms with Crippen molar-refractivity contribution in [3.8, 4) is 0 Å². The molecule has 0 radical (unpaired) electrons. The van der Waals surface area contributed by atoms with Crippen molar-refractivity contribution in [2.45, 2.75) is 26.6 Å². The maximum atomic E-state index is 13.0. The average Bonchev–Trinajstić information content (AvgIpc) is 2.00. The number of carbonyl (C=O) groups is 1. The lowest BCUT2D eigenvalue weighted by Gasteiger charge is -2.07. The number of carbonyl (C=O) groups excluding carboxylic acids is 1. The summed E-state index contributed by atoms with van der Waals surface area (Å²) in [5.74, 6) is -1.18. The Bertz CT molecular complexity index is 251. The van der Waals surface area contributed by atoms with Crippen LogP contribution in [0.3, 0.4) is 0 Å². The summed E-state index contributed by atoms with van der Waals surface area (Å²) >= 11 is 0. The van der Waals surface area contributed by atoms with E-state index in [4.69, 9.17) is 0 Å². The summed E-state index contributed by atoms with van der Waals surface area (Å²) in [5.41, 5.74) is 1.83. The molecule has 0 aromatic heterocycles. The normalized spacial score (nSPS) is 13.4. The lowest BCUT2D eigenvalue weighted by Crippen LogP contribution is -2.15. The predicted octanol–water partition coefficient (Wildman–Crippen LogP) is 2.84. The Labute approximate surface area is 85.5 Å². The fourth-order valence-electron chi connectivity index (χ4n) is 0.674. The van der Waals surface area contributed by atoms with Gasteiger partial charge in [-0.3, -0.25) is 0 Å². The van der Waals surface area contributed by atoms with Gasteiger partial charge in [0.15, 0.2) is 0 Å². The maximum Gasteiger partial charge on any atom is 0.333 e. The summed E-state index contributed by atoms with van der Waals surface area (Å²) in [6.07, 6.45) is 2.20. The van der Waals surface area contributed by atoms with E-state index in [1.807, 2.05) is 5.70 Å². The average molecular weight is 216 g/mol. The second-order valence-corrected chi connectivity index (χ2v) is 9.05. The third-order valence-corrected chi connectivity index (χ3v) is 2.45. The van der Waals surface area contributed by atoms with Crippen molar-refractivity contribution in [2.75, 3.05) is 6.61 Å². The standard InChI is InChI=1S/C10H17FO2Si/c1-5-13-10(12)8-9(11)6-7-14(2,3)4/h6-8H,5H2,1-4H3/b7-6+,9-8+. The van der Waals surface area contributed by atoms with Crippen LogP contribution in [-0.4, -0.2) is 20.7 Å². The van der Waals surface area contributed by atoms with Gasteiger partial charge in [0.25, 0.3) is 0 Å². The Balaban J connectivity index is 4.27. The van der Waals surface area contributed by atoms with Gasteiger partial charge < -0.3 is 4.74 Å². The molecule has 0 N–H and O–H groups in total. The molecule has 0 saturated heterocycles. The van der Waals surface area contributed by atoms with E-state index in [-0.39, 0.29) is 6.61 Å². The molecule has 0 rings (SSSR count). The van der Waals surface area contributed by atoms with Crippen LogP contribution in [0.5, 0.6) is 0 Å². The van der Waals surface area contributed by atoms with Crippen LogP contribution in [0.4, 0.5) is 4.39 Å². The van der Waals surface area contributed by atoms with E-state index in [1.54, 1.807) is 6.92 Å². The van der Waals surface area contributed by atoms with Gasteiger partial charge in [-0.1, -0.05) is 25.3 Å². The molecule has 0 spiro atoms. The van der Waals surface area contributed by atoms with Gasteiger partial charge in [-0.2, -0.15) is 0 Å². The smallest absolute Gasteiger partial charge is 0.333 e. The Morgan fingerprint density at radius 2 is 2.00 bits per heavy atom. The Kier molecular flexibility index (Phi) is 5.38. The van der Waals surface area contributed by atoms with Gasteiger partial charge in [-0.15, -0.1) is 0 Å². The summed E-state index contributed by atoms with van der Waals surface area (Å²) < 4.78 is 17.6. The molecule has 0 atom stereocenters. The fourth-order valence-corrected chi connectivity index (χ4v) is 1.33. The number of rotatable bonds is 4. The Morgan fingerprint density at radius 3 is 2.43 bits per heavy atom. The van der Waals surface area contributed by atoms with Crippen molar-refractivity contribution >= 4 is 14.0 Å². The highest BCUT2D eigenvalue weighted by molar-refractivity contribution is 6.81. The SMILES string of the molecule is CCOC(=O)/C=C(F)\C=C\[Si](C)(C)C. The summed E-state index contributed by atoms with van der Waals surface area (Å²) in [6.45, 7) is 8.20. The largest absolute Gasteiger partial charge is 0.463 e. The van der Waals surface area contributed by atoms with Crippen LogP contribution >= 0.6 is 0 Å². The molecule has 0 heterocycles. The first-order valence-corrected chi connectivity index (χ1v) is 8.16. The van der Waals surface area contributed by atoms with E-state index in [0.717, 1.165) is 6.08 Å². The molecule has 0 aliphatic rings. The van der Waals surface area contributed by atoms with Crippen molar-refractivity contribution < 1.29 is 13.9 Å². The lowest BCUT2D eigenvalue weighted by atomic mass is 10.4. The summed E-state index contributed by atoms with van der Waals surface area (Å²) in [5, 5.41) is 0. The van der Waals surface area contributed by atoms with Crippen molar-refractivity contribution in [1.29, 1.82) is 0 Å². The highest BCUT2D eigenvalue weighted by atomic mass is 28.3. The molecule has 0 aromatic rings. The first kappa shape index (κ1) is 13.1. The zero-order valence-corrected chi connectivity index (χ0v) is 10.1. The number of halogens is 1. The third kappa shape index (κ3) is 7.73. The van der Waals surface area contributed by atoms with Crippen LogP contribution in [0.25, 0.3) is 0 Å². The Morgan fingerprint density at radius 1 is 1.43 bits per heavy atom. The minimum atomic E-state index is -1.40. The van der Waals surface area contributed by atoms with Crippen LogP contribution in [-0.2, 0) is 9.53 Å². The van der Waals surface area contributed by atoms with Crippen LogP contribution in [0.1, 0.15) is 6.92 Å². The summed E-state index contributed by atoms with van der Waals surface area (Å²) in [6, 6.07) is 0. The minimum absolute atomic E-state index is 0.264.